The van der Waals surface area contributed by atoms with Crippen molar-refractivity contribution < 1.29 is 77.3 Å². The van der Waals surface area contributed by atoms with Crippen LogP contribution in [0.3, 0.4) is 0 Å². The van der Waals surface area contributed by atoms with Crippen molar-refractivity contribution in [1.29, 1.82) is 0 Å². The fourth-order valence-electron chi connectivity index (χ4n) is 7.58. The van der Waals surface area contributed by atoms with Gasteiger partial charge in [0.15, 0.2) is 5.75 Å². The Morgan fingerprint density at radius 1 is 0.881 bits per heavy atom. The molecule has 1 heterocycles. The quantitative estimate of drug-likeness (QED) is 0.113. The standard InChI is InChI=1S/C38H33F11N4O6/c39-26-8-4-17(32(38(47,48)49)59-35(57)52-18-2-1-3-18)12-22(26)28-14-23(29(16-50-28)58-11-10-54)33(55)53-31-21-7-6-20(24(21)15-36(41,42)43)30(31)34(56)51-19-5-9-27(40)25(13-19)37(44,45)46/h4-5,8-9,12-16,18,20-21,30-32,54H,1-3,6-7,10-11H2,(H,51,56)(H,52,57)(H,53,55)/b24-15-/t20?,21?,30-,31+,32-/m0/s1. The Morgan fingerprint density at radius 2 is 1.58 bits per heavy atom. The first-order valence-corrected chi connectivity index (χ1v) is 18.0. The number of aliphatic hydroxyl groups is 1. The van der Waals surface area contributed by atoms with Crippen molar-refractivity contribution in [1.82, 2.24) is 15.6 Å². The number of hydrogen-bond donors (Lipinski definition) is 4. The number of nitrogens with zero attached hydrogens (tertiary/aromatic N) is 1. The highest BCUT2D eigenvalue weighted by molar-refractivity contribution is 5.99. The lowest BCUT2D eigenvalue weighted by atomic mass is 9.83. The fraction of sp³-hybridized carbons (Fsp3) is 0.421. The number of allylic oxidation sites excluding steroid dienone is 1. The van der Waals surface area contributed by atoms with Crippen LogP contribution in [0.5, 0.6) is 5.75 Å². The Morgan fingerprint density at radius 3 is 2.20 bits per heavy atom. The number of benzene rings is 2. The van der Waals surface area contributed by atoms with Gasteiger partial charge in [-0.05, 0) is 74.4 Å². The number of carbonyl (C=O) groups excluding carboxylic acids is 3. The maximum Gasteiger partial charge on any atom is 0.429 e. The van der Waals surface area contributed by atoms with Crippen LogP contribution in [0.1, 0.15) is 59.7 Å². The summed E-state index contributed by atoms with van der Waals surface area (Å²) in [4.78, 5) is 44.1. The summed E-state index contributed by atoms with van der Waals surface area (Å²) in [6, 6.07) is 2.64. The van der Waals surface area contributed by atoms with Crippen molar-refractivity contribution in [2.24, 2.45) is 17.8 Å². The summed E-state index contributed by atoms with van der Waals surface area (Å²) in [5, 5.41) is 16.3. The Hall–Kier alpha value is -5.47. The molecule has 3 aliphatic carbocycles. The predicted octanol–water partition coefficient (Wildman–Crippen LogP) is 8.18. The molecule has 0 aliphatic heterocycles. The SMILES string of the molecule is O=C(NC1CCC1)O[C@@H](c1ccc(F)c(-c2cc(C(=O)N[C@@H]3C4CCC(/C4=C/C(F)(F)F)[C@@H]3C(=O)Nc3ccc(F)c(C(F)(F)F)c3)c(OCCO)cn2)c1)C(F)(F)F. The van der Waals surface area contributed by atoms with E-state index in [0.29, 0.717) is 37.1 Å². The molecule has 0 saturated heterocycles. The van der Waals surface area contributed by atoms with E-state index in [-0.39, 0.29) is 36.3 Å². The average Bonchev–Trinajstić information content (AvgIpc) is 3.64. The van der Waals surface area contributed by atoms with Gasteiger partial charge in [-0.25, -0.2) is 13.6 Å². The smallest absolute Gasteiger partial charge is 0.429 e. The number of nitrogens with one attached hydrogen (secondary N) is 3. The molecule has 5 atom stereocenters. The lowest BCUT2D eigenvalue weighted by molar-refractivity contribution is -0.206. The van der Waals surface area contributed by atoms with E-state index in [9.17, 15) is 63.4 Å². The van der Waals surface area contributed by atoms with E-state index in [1.807, 2.05) is 0 Å². The molecule has 0 spiro atoms. The molecule has 0 radical (unpaired) electrons. The van der Waals surface area contributed by atoms with E-state index in [0.717, 1.165) is 30.8 Å². The highest BCUT2D eigenvalue weighted by Crippen LogP contribution is 2.54. The summed E-state index contributed by atoms with van der Waals surface area (Å²) in [5.41, 5.74) is -4.88. The number of aromatic nitrogens is 1. The van der Waals surface area contributed by atoms with Gasteiger partial charge < -0.3 is 30.5 Å². The maximum atomic E-state index is 15.3. The minimum Gasteiger partial charge on any atom is -0.489 e. The number of anilines is 1. The van der Waals surface area contributed by atoms with Gasteiger partial charge >= 0.3 is 24.6 Å². The second-order valence-corrected chi connectivity index (χ2v) is 14.2. The molecule has 10 nitrogen and oxygen atoms in total. The van der Waals surface area contributed by atoms with E-state index < -0.39 is 125 Å². The summed E-state index contributed by atoms with van der Waals surface area (Å²) >= 11 is 0. The van der Waals surface area contributed by atoms with Gasteiger partial charge in [0.2, 0.25) is 12.0 Å². The number of ether oxygens (including phenoxy) is 2. The van der Waals surface area contributed by atoms with Crippen molar-refractivity contribution in [3.8, 4) is 17.0 Å². The van der Waals surface area contributed by atoms with Crippen LogP contribution in [-0.2, 0) is 15.7 Å². The molecule has 1 aromatic heterocycles. The zero-order chi connectivity index (χ0) is 43.0. The molecule has 3 amide bonds. The molecular formula is C38H33F11N4O6. The molecule has 3 saturated carbocycles. The van der Waals surface area contributed by atoms with E-state index >= 15 is 4.39 Å². The van der Waals surface area contributed by atoms with Crippen molar-refractivity contribution in [3.63, 3.8) is 0 Å². The van der Waals surface area contributed by atoms with Crippen LogP contribution >= 0.6 is 0 Å². The maximum absolute atomic E-state index is 15.3. The molecule has 2 unspecified atom stereocenters. The van der Waals surface area contributed by atoms with Gasteiger partial charge in [0.05, 0.1) is 35.5 Å². The number of rotatable bonds is 11. The first-order valence-electron chi connectivity index (χ1n) is 18.0. The van der Waals surface area contributed by atoms with Gasteiger partial charge in [-0.1, -0.05) is 11.6 Å². The third-order valence-electron chi connectivity index (χ3n) is 10.3. The number of carbonyl (C=O) groups is 3. The lowest BCUT2D eigenvalue weighted by Crippen LogP contribution is -2.48. The molecule has 3 fully saturated rings. The van der Waals surface area contributed by atoms with E-state index in [1.165, 1.54) is 0 Å². The summed E-state index contributed by atoms with van der Waals surface area (Å²) < 4.78 is 163. The monoisotopic (exact) mass is 850 g/mol. The van der Waals surface area contributed by atoms with Crippen LogP contribution in [-0.4, -0.2) is 65.6 Å². The number of alkyl halides is 9. The zero-order valence-electron chi connectivity index (χ0n) is 30.2. The van der Waals surface area contributed by atoms with Gasteiger partial charge in [0.25, 0.3) is 5.91 Å². The van der Waals surface area contributed by atoms with Crippen molar-refractivity contribution >= 4 is 23.6 Å². The number of pyridine rings is 1. The lowest BCUT2D eigenvalue weighted by Gasteiger charge is -2.30. The second kappa shape index (κ2) is 16.6. The topological polar surface area (TPSA) is 139 Å². The van der Waals surface area contributed by atoms with Crippen LogP contribution in [0.25, 0.3) is 11.3 Å². The van der Waals surface area contributed by atoms with Gasteiger partial charge in [-0.3, -0.25) is 14.6 Å². The summed E-state index contributed by atoms with van der Waals surface area (Å²) in [6.07, 6.45) is -16.7. The second-order valence-electron chi connectivity index (χ2n) is 14.2. The fourth-order valence-corrected chi connectivity index (χ4v) is 7.58. The third kappa shape index (κ3) is 9.71. The van der Waals surface area contributed by atoms with Crippen LogP contribution in [0.4, 0.5) is 58.8 Å². The summed E-state index contributed by atoms with van der Waals surface area (Å²) in [7, 11) is 0. The number of hydrogen-bond acceptors (Lipinski definition) is 7. The summed E-state index contributed by atoms with van der Waals surface area (Å²) in [6.45, 7) is -1.06. The minimum absolute atomic E-state index is 0.0129. The molecular weight excluding hydrogens is 817 g/mol. The number of fused-ring (bicyclic) bond motifs is 2. The average molecular weight is 851 g/mol. The highest BCUT2D eigenvalue weighted by Gasteiger charge is 2.56. The third-order valence-corrected chi connectivity index (χ3v) is 10.3. The largest absolute Gasteiger partial charge is 0.489 e. The Labute approximate surface area is 327 Å². The zero-order valence-corrected chi connectivity index (χ0v) is 30.2. The highest BCUT2D eigenvalue weighted by atomic mass is 19.4. The predicted molar refractivity (Wildman–Crippen MR) is 183 cm³/mol. The molecule has 2 bridgehead atoms. The van der Waals surface area contributed by atoms with Gasteiger partial charge in [-0.15, -0.1) is 0 Å². The number of amides is 3. The molecule has 6 rings (SSSR count). The van der Waals surface area contributed by atoms with Crippen LogP contribution in [0, 0.1) is 29.4 Å². The Bertz CT molecular complexity index is 2120. The number of alkyl carbamates (subject to hydrolysis) is 1. The van der Waals surface area contributed by atoms with Gasteiger partial charge in [0.1, 0.15) is 18.2 Å². The molecule has 2 aromatic carbocycles. The van der Waals surface area contributed by atoms with Crippen molar-refractivity contribution in [3.05, 3.63) is 88.6 Å². The molecule has 21 heteroatoms. The Kier molecular flexibility index (Phi) is 12.2. The van der Waals surface area contributed by atoms with Gasteiger partial charge in [0, 0.05) is 40.9 Å². The van der Waals surface area contributed by atoms with Crippen molar-refractivity contribution in [2.75, 3.05) is 18.5 Å². The molecule has 318 valence electrons. The van der Waals surface area contributed by atoms with Crippen LogP contribution in [0.2, 0.25) is 0 Å². The van der Waals surface area contributed by atoms with E-state index in [2.05, 4.69) is 20.9 Å². The van der Waals surface area contributed by atoms with Crippen LogP contribution in [0.15, 0.2) is 60.3 Å². The molecule has 4 N–H and O–H groups in total. The Balaban J connectivity index is 1.34. The number of halogens is 11. The molecule has 3 aromatic rings. The van der Waals surface area contributed by atoms with Crippen molar-refractivity contribution in [2.45, 2.75) is 68.8 Å². The van der Waals surface area contributed by atoms with E-state index in [4.69, 9.17) is 9.47 Å². The van der Waals surface area contributed by atoms with Crippen LogP contribution < -0.4 is 20.7 Å². The molecule has 3 aliphatic rings. The molecule has 59 heavy (non-hydrogen) atoms. The summed E-state index contributed by atoms with van der Waals surface area (Å²) in [5.74, 6) is -9.26. The number of aliphatic hydroxyl groups excluding tert-OH is 1. The first kappa shape index (κ1) is 43.1. The first-order chi connectivity index (χ1) is 27.6. The minimum atomic E-state index is -5.17. The van der Waals surface area contributed by atoms with Gasteiger partial charge in [-0.2, -0.15) is 39.5 Å². The van der Waals surface area contributed by atoms with E-state index in [1.54, 1.807) is 0 Å². The normalized spacial score (nSPS) is 21.8.